The number of halogens is 1. The Bertz CT molecular complexity index is 503. The first-order valence-electron chi connectivity index (χ1n) is 6.98. The van der Waals surface area contributed by atoms with Gasteiger partial charge in [-0.2, -0.15) is 0 Å². The van der Waals surface area contributed by atoms with Gasteiger partial charge in [0, 0.05) is 17.0 Å². The van der Waals surface area contributed by atoms with E-state index in [0.29, 0.717) is 0 Å². The predicted molar refractivity (Wildman–Crippen MR) is 76.0 cm³/mol. The smallest absolute Gasteiger partial charge is 0.223 e. The number of hydrogen-bond donors (Lipinski definition) is 2. The van der Waals surface area contributed by atoms with E-state index in [0.717, 1.165) is 37.1 Å². The average molecular weight is 279 g/mol. The number of hydrogen-bond acceptors (Lipinski definition) is 2. The molecule has 3 nitrogen and oxygen atoms in total. The summed E-state index contributed by atoms with van der Waals surface area (Å²) in [7, 11) is 0. The third kappa shape index (κ3) is 2.63. The van der Waals surface area contributed by atoms with E-state index in [4.69, 9.17) is 17.3 Å². The second kappa shape index (κ2) is 5.14. The minimum absolute atomic E-state index is 0.103. The van der Waals surface area contributed by atoms with Crippen LogP contribution in [0.4, 0.5) is 0 Å². The summed E-state index contributed by atoms with van der Waals surface area (Å²) in [5, 5.41) is 3.95. The Balaban J connectivity index is 1.68. The maximum absolute atomic E-state index is 12.2. The molecule has 3 rings (SSSR count). The first-order chi connectivity index (χ1) is 9.13. The quantitative estimate of drug-likeness (QED) is 0.874. The SMILES string of the molecule is NC1CCC(C(=O)NC2CCc3cc(Cl)ccc32)C1. The number of nitrogens with one attached hydrogen (secondary N) is 1. The Morgan fingerprint density at radius 2 is 2.16 bits per heavy atom. The molecule has 1 aromatic rings. The predicted octanol–water partition coefficient (Wildman–Crippen LogP) is 2.57. The van der Waals surface area contributed by atoms with Gasteiger partial charge in [-0.15, -0.1) is 0 Å². The lowest BCUT2D eigenvalue weighted by Crippen LogP contribution is -2.32. The van der Waals surface area contributed by atoms with E-state index in [9.17, 15) is 4.79 Å². The van der Waals surface area contributed by atoms with Gasteiger partial charge >= 0.3 is 0 Å². The Morgan fingerprint density at radius 3 is 2.89 bits per heavy atom. The molecule has 3 N–H and O–H groups in total. The molecular formula is C15H19ClN2O. The molecule has 1 fully saturated rings. The van der Waals surface area contributed by atoms with Crippen LogP contribution in [0.2, 0.25) is 5.02 Å². The Labute approximate surface area is 118 Å². The van der Waals surface area contributed by atoms with Gasteiger partial charge in [-0.1, -0.05) is 17.7 Å². The van der Waals surface area contributed by atoms with E-state index >= 15 is 0 Å². The zero-order valence-electron chi connectivity index (χ0n) is 10.9. The lowest BCUT2D eigenvalue weighted by Gasteiger charge is -2.17. The highest BCUT2D eigenvalue weighted by Crippen LogP contribution is 2.34. The van der Waals surface area contributed by atoms with E-state index in [1.165, 1.54) is 11.1 Å². The van der Waals surface area contributed by atoms with Gasteiger partial charge in [-0.25, -0.2) is 0 Å². The molecule has 0 radical (unpaired) electrons. The van der Waals surface area contributed by atoms with Crippen molar-refractivity contribution >= 4 is 17.5 Å². The lowest BCUT2D eigenvalue weighted by molar-refractivity contribution is -0.125. The standard InChI is InChI=1S/C15H19ClN2O/c16-11-3-5-13-9(7-11)2-6-14(13)18-15(19)10-1-4-12(17)8-10/h3,5,7,10,12,14H,1-2,4,6,8,17H2,(H,18,19). The fourth-order valence-electron chi connectivity index (χ4n) is 3.28. The number of fused-ring (bicyclic) bond motifs is 1. The summed E-state index contributed by atoms with van der Waals surface area (Å²) in [6.45, 7) is 0. The third-order valence-electron chi connectivity index (χ3n) is 4.34. The molecule has 0 bridgehead atoms. The van der Waals surface area contributed by atoms with Crippen molar-refractivity contribution in [2.24, 2.45) is 11.7 Å². The van der Waals surface area contributed by atoms with Crippen LogP contribution < -0.4 is 11.1 Å². The topological polar surface area (TPSA) is 55.1 Å². The van der Waals surface area contributed by atoms with Crippen LogP contribution in [-0.2, 0) is 11.2 Å². The van der Waals surface area contributed by atoms with Gasteiger partial charge < -0.3 is 11.1 Å². The van der Waals surface area contributed by atoms with Gasteiger partial charge in [0.15, 0.2) is 0 Å². The Morgan fingerprint density at radius 1 is 1.32 bits per heavy atom. The minimum atomic E-state index is 0.103. The second-order valence-electron chi connectivity index (χ2n) is 5.71. The van der Waals surface area contributed by atoms with Crippen molar-refractivity contribution < 1.29 is 4.79 Å². The molecule has 0 aromatic heterocycles. The van der Waals surface area contributed by atoms with Gasteiger partial charge in [-0.05, 0) is 55.4 Å². The Hall–Kier alpha value is -1.06. The monoisotopic (exact) mass is 278 g/mol. The molecule has 0 saturated heterocycles. The largest absolute Gasteiger partial charge is 0.349 e. The molecule has 3 atom stereocenters. The van der Waals surface area contributed by atoms with Crippen molar-refractivity contribution in [3.8, 4) is 0 Å². The van der Waals surface area contributed by atoms with Gasteiger partial charge in [-0.3, -0.25) is 4.79 Å². The van der Waals surface area contributed by atoms with Crippen molar-refractivity contribution in [3.05, 3.63) is 34.3 Å². The number of carbonyl (C=O) groups is 1. The van der Waals surface area contributed by atoms with E-state index < -0.39 is 0 Å². The average Bonchev–Trinajstić information content (AvgIpc) is 2.96. The van der Waals surface area contributed by atoms with Gasteiger partial charge in [0.25, 0.3) is 0 Å². The molecule has 0 heterocycles. The third-order valence-corrected chi connectivity index (χ3v) is 4.58. The molecule has 1 aromatic carbocycles. The summed E-state index contributed by atoms with van der Waals surface area (Å²) in [6, 6.07) is 6.29. The second-order valence-corrected chi connectivity index (χ2v) is 6.15. The molecule has 3 unspecified atom stereocenters. The zero-order chi connectivity index (χ0) is 13.4. The number of benzene rings is 1. The molecular weight excluding hydrogens is 260 g/mol. The van der Waals surface area contributed by atoms with E-state index in [2.05, 4.69) is 5.32 Å². The van der Waals surface area contributed by atoms with Crippen molar-refractivity contribution in [3.63, 3.8) is 0 Å². The Kier molecular flexibility index (Phi) is 3.50. The molecule has 0 aliphatic heterocycles. The summed E-state index contributed by atoms with van der Waals surface area (Å²) in [4.78, 5) is 12.2. The summed E-state index contributed by atoms with van der Waals surface area (Å²) in [5.41, 5.74) is 8.36. The first kappa shape index (κ1) is 12.9. The number of rotatable bonds is 2. The molecule has 102 valence electrons. The molecule has 1 saturated carbocycles. The van der Waals surface area contributed by atoms with E-state index in [-0.39, 0.29) is 23.9 Å². The van der Waals surface area contributed by atoms with Crippen LogP contribution in [0.25, 0.3) is 0 Å². The van der Waals surface area contributed by atoms with Crippen LogP contribution in [0.3, 0.4) is 0 Å². The molecule has 19 heavy (non-hydrogen) atoms. The van der Waals surface area contributed by atoms with Crippen LogP contribution in [-0.4, -0.2) is 11.9 Å². The zero-order valence-corrected chi connectivity index (χ0v) is 11.6. The number of aryl methyl sites for hydroxylation is 1. The van der Waals surface area contributed by atoms with Gasteiger partial charge in [0.1, 0.15) is 0 Å². The maximum Gasteiger partial charge on any atom is 0.223 e. The fourth-order valence-corrected chi connectivity index (χ4v) is 3.47. The van der Waals surface area contributed by atoms with E-state index in [1.54, 1.807) is 0 Å². The molecule has 2 aliphatic carbocycles. The summed E-state index contributed by atoms with van der Waals surface area (Å²) >= 11 is 6.00. The number of amides is 1. The van der Waals surface area contributed by atoms with Crippen LogP contribution in [0.1, 0.15) is 42.9 Å². The van der Waals surface area contributed by atoms with E-state index in [1.807, 2.05) is 18.2 Å². The first-order valence-corrected chi connectivity index (χ1v) is 7.35. The maximum atomic E-state index is 12.2. The molecule has 4 heteroatoms. The van der Waals surface area contributed by atoms with Crippen LogP contribution in [0.5, 0.6) is 0 Å². The van der Waals surface area contributed by atoms with Crippen LogP contribution in [0.15, 0.2) is 18.2 Å². The molecule has 0 spiro atoms. The molecule has 1 amide bonds. The van der Waals surface area contributed by atoms with Crippen molar-refractivity contribution in [1.29, 1.82) is 0 Å². The summed E-state index contributed by atoms with van der Waals surface area (Å²) < 4.78 is 0. The van der Waals surface area contributed by atoms with Crippen molar-refractivity contribution in [2.75, 3.05) is 0 Å². The minimum Gasteiger partial charge on any atom is -0.349 e. The number of carbonyl (C=O) groups excluding carboxylic acids is 1. The summed E-state index contributed by atoms with van der Waals surface area (Å²) in [5.74, 6) is 0.270. The highest BCUT2D eigenvalue weighted by Gasteiger charge is 2.31. The highest BCUT2D eigenvalue weighted by atomic mass is 35.5. The van der Waals surface area contributed by atoms with Crippen molar-refractivity contribution in [2.45, 2.75) is 44.2 Å². The fraction of sp³-hybridized carbons (Fsp3) is 0.533. The van der Waals surface area contributed by atoms with Crippen LogP contribution in [0, 0.1) is 5.92 Å². The van der Waals surface area contributed by atoms with Crippen molar-refractivity contribution in [1.82, 2.24) is 5.32 Å². The lowest BCUT2D eigenvalue weighted by atomic mass is 10.0. The van der Waals surface area contributed by atoms with Gasteiger partial charge in [0.2, 0.25) is 5.91 Å². The van der Waals surface area contributed by atoms with Gasteiger partial charge in [0.05, 0.1) is 6.04 Å². The molecule has 2 aliphatic rings. The highest BCUT2D eigenvalue weighted by molar-refractivity contribution is 6.30. The number of nitrogens with two attached hydrogens (primary N) is 1. The van der Waals surface area contributed by atoms with Crippen LogP contribution >= 0.6 is 11.6 Å². The normalized spacial score (nSPS) is 29.3. The summed E-state index contributed by atoms with van der Waals surface area (Å²) in [6.07, 6.45) is 4.68.